The molecule has 144 valence electrons. The fourth-order valence-corrected chi connectivity index (χ4v) is 3.52. The van der Waals surface area contributed by atoms with Crippen LogP contribution in [0, 0.1) is 5.82 Å². The summed E-state index contributed by atoms with van der Waals surface area (Å²) in [5.41, 5.74) is 17.0. The Kier molecular flexibility index (Phi) is 4.60. The highest BCUT2D eigenvalue weighted by Gasteiger charge is 2.20. The molecule has 0 spiro atoms. The molecule has 2 bridgehead atoms. The lowest BCUT2D eigenvalue weighted by Gasteiger charge is -2.24. The van der Waals surface area contributed by atoms with Crippen molar-refractivity contribution in [2.45, 2.75) is 26.1 Å². The molecule has 0 saturated heterocycles. The van der Waals surface area contributed by atoms with Gasteiger partial charge in [-0.1, -0.05) is 12.1 Å². The van der Waals surface area contributed by atoms with Gasteiger partial charge in [0.05, 0.1) is 11.9 Å². The fourth-order valence-electron chi connectivity index (χ4n) is 3.52. The normalized spacial score (nSPS) is 16.9. The van der Waals surface area contributed by atoms with Gasteiger partial charge in [-0.05, 0) is 54.9 Å². The summed E-state index contributed by atoms with van der Waals surface area (Å²) in [5.74, 6) is 0.105. The van der Waals surface area contributed by atoms with Crippen LogP contribution in [0.25, 0.3) is 11.3 Å². The number of ether oxygens (including phenoxy) is 1. The van der Waals surface area contributed by atoms with Gasteiger partial charge in [-0.15, -0.1) is 0 Å². The Morgan fingerprint density at radius 3 is 2.68 bits per heavy atom. The Balaban J connectivity index is 1.90. The number of nitrogens with two attached hydrogens (primary N) is 2. The van der Waals surface area contributed by atoms with Gasteiger partial charge in [0.2, 0.25) is 0 Å². The van der Waals surface area contributed by atoms with Crippen LogP contribution < -0.4 is 16.2 Å². The molecule has 0 fully saturated rings. The smallest absolute Gasteiger partial charge is 0.258 e. The molecule has 1 unspecified atom stereocenters. The van der Waals surface area contributed by atoms with Crippen molar-refractivity contribution in [2.75, 3.05) is 18.5 Å². The number of halogens is 1. The summed E-state index contributed by atoms with van der Waals surface area (Å²) in [6, 6.07) is 10.5. The quantitative estimate of drug-likeness (QED) is 0.581. The second-order valence-corrected chi connectivity index (χ2v) is 7.14. The number of aromatic nitrogens is 2. The minimum absolute atomic E-state index is 0.188. The summed E-state index contributed by atoms with van der Waals surface area (Å²) in [6.45, 7) is 3.16. The lowest BCUT2D eigenvalue weighted by atomic mass is 10.0. The average molecular weight is 379 g/mol. The van der Waals surface area contributed by atoms with Crippen molar-refractivity contribution in [1.29, 1.82) is 0 Å². The van der Waals surface area contributed by atoms with Gasteiger partial charge < -0.3 is 16.2 Å². The SMILES string of the molecule is CC1Oc2nc(cnc2N)-c2cc(N)ccc2CN(C)Cc2ccc(F)cc21. The molecule has 1 atom stereocenters. The topological polar surface area (TPSA) is 90.3 Å². The van der Waals surface area contributed by atoms with E-state index >= 15 is 0 Å². The standard InChI is InChI=1S/C21H22FN5O/c1-12-17-7-15(22)5-3-13(17)10-27(2)11-14-4-6-16(23)8-18(14)19-9-25-20(24)21(26-19)28-12/h3-9,12H,10-11,23H2,1-2H3,(H2,24,25). The molecule has 4 rings (SSSR count). The monoisotopic (exact) mass is 379 g/mol. The van der Waals surface area contributed by atoms with Crippen molar-refractivity contribution in [2.24, 2.45) is 0 Å². The van der Waals surface area contributed by atoms with Crippen molar-refractivity contribution in [3.8, 4) is 17.1 Å². The van der Waals surface area contributed by atoms with Crippen LogP contribution in [0.15, 0.2) is 42.6 Å². The summed E-state index contributed by atoms with van der Waals surface area (Å²) in [6.07, 6.45) is 1.18. The summed E-state index contributed by atoms with van der Waals surface area (Å²) < 4.78 is 19.9. The molecule has 3 aromatic rings. The maximum absolute atomic E-state index is 13.9. The highest BCUT2D eigenvalue weighted by Crippen LogP contribution is 2.32. The van der Waals surface area contributed by atoms with Crippen molar-refractivity contribution >= 4 is 11.5 Å². The largest absolute Gasteiger partial charge is 0.467 e. The predicted molar refractivity (Wildman–Crippen MR) is 107 cm³/mol. The molecule has 1 aliphatic rings. The Morgan fingerprint density at radius 2 is 1.86 bits per heavy atom. The fraction of sp³-hybridized carbons (Fsp3) is 0.238. The van der Waals surface area contributed by atoms with Crippen LogP contribution in [0.2, 0.25) is 0 Å². The van der Waals surface area contributed by atoms with Crippen LogP contribution in [-0.4, -0.2) is 21.9 Å². The van der Waals surface area contributed by atoms with E-state index in [1.807, 2.05) is 32.2 Å². The number of benzene rings is 2. The molecule has 0 saturated carbocycles. The summed E-state index contributed by atoms with van der Waals surface area (Å²) in [7, 11) is 2.02. The van der Waals surface area contributed by atoms with Crippen LogP contribution in [0.1, 0.15) is 29.7 Å². The van der Waals surface area contributed by atoms with Crippen LogP contribution in [0.3, 0.4) is 0 Å². The molecular weight excluding hydrogens is 357 g/mol. The summed E-state index contributed by atoms with van der Waals surface area (Å²) in [4.78, 5) is 11.0. The maximum atomic E-state index is 13.9. The first-order valence-electron chi connectivity index (χ1n) is 9.05. The molecule has 2 aromatic carbocycles. The first-order valence-corrected chi connectivity index (χ1v) is 9.05. The van der Waals surface area contributed by atoms with E-state index in [9.17, 15) is 4.39 Å². The number of hydrogen-bond acceptors (Lipinski definition) is 6. The highest BCUT2D eigenvalue weighted by atomic mass is 19.1. The lowest BCUT2D eigenvalue weighted by Crippen LogP contribution is -2.21. The van der Waals surface area contributed by atoms with Gasteiger partial charge in [-0.3, -0.25) is 4.90 Å². The number of rotatable bonds is 0. The molecule has 0 aliphatic carbocycles. The minimum Gasteiger partial charge on any atom is -0.467 e. The number of nitrogens with zero attached hydrogens (tertiary/aromatic N) is 3. The lowest BCUT2D eigenvalue weighted by molar-refractivity contribution is 0.214. The second kappa shape index (κ2) is 7.09. The van der Waals surface area contributed by atoms with E-state index in [4.69, 9.17) is 16.2 Å². The average Bonchev–Trinajstić information content (AvgIpc) is 2.65. The van der Waals surface area contributed by atoms with Gasteiger partial charge in [0, 0.05) is 24.3 Å². The Labute approximate surface area is 163 Å². The van der Waals surface area contributed by atoms with E-state index in [0.717, 1.165) is 22.3 Å². The number of nitrogen functional groups attached to an aromatic ring is 2. The molecule has 1 aromatic heterocycles. The minimum atomic E-state index is -0.439. The molecule has 28 heavy (non-hydrogen) atoms. The third-order valence-corrected chi connectivity index (χ3v) is 4.89. The van der Waals surface area contributed by atoms with E-state index in [0.29, 0.717) is 24.5 Å². The number of hydrogen-bond donors (Lipinski definition) is 2. The molecule has 0 amide bonds. The first kappa shape index (κ1) is 18.2. The van der Waals surface area contributed by atoms with Gasteiger partial charge in [-0.25, -0.2) is 14.4 Å². The first-order chi connectivity index (χ1) is 13.4. The third kappa shape index (κ3) is 3.48. The van der Waals surface area contributed by atoms with E-state index in [1.165, 1.54) is 12.1 Å². The van der Waals surface area contributed by atoms with Crippen molar-refractivity contribution in [3.63, 3.8) is 0 Å². The van der Waals surface area contributed by atoms with Crippen LogP contribution in [0.4, 0.5) is 15.9 Å². The van der Waals surface area contributed by atoms with Gasteiger partial charge in [0.25, 0.3) is 5.88 Å². The van der Waals surface area contributed by atoms with Crippen molar-refractivity contribution in [3.05, 3.63) is 65.1 Å². The molecule has 6 nitrogen and oxygen atoms in total. The summed E-state index contributed by atoms with van der Waals surface area (Å²) in [5, 5.41) is 0. The van der Waals surface area contributed by atoms with Gasteiger partial charge >= 0.3 is 0 Å². The Bertz CT molecular complexity index is 1040. The molecule has 2 heterocycles. The summed E-state index contributed by atoms with van der Waals surface area (Å²) >= 11 is 0. The molecule has 1 aliphatic heterocycles. The van der Waals surface area contributed by atoms with Gasteiger partial charge in [0.1, 0.15) is 11.9 Å². The molecule has 4 N–H and O–H groups in total. The van der Waals surface area contributed by atoms with Crippen LogP contribution in [-0.2, 0) is 13.1 Å². The maximum Gasteiger partial charge on any atom is 0.258 e. The van der Waals surface area contributed by atoms with E-state index in [2.05, 4.69) is 14.9 Å². The van der Waals surface area contributed by atoms with E-state index < -0.39 is 6.10 Å². The zero-order valence-electron chi connectivity index (χ0n) is 15.8. The van der Waals surface area contributed by atoms with E-state index in [1.54, 1.807) is 12.3 Å². The van der Waals surface area contributed by atoms with E-state index in [-0.39, 0.29) is 17.5 Å². The third-order valence-electron chi connectivity index (χ3n) is 4.89. The van der Waals surface area contributed by atoms with Crippen LogP contribution in [0.5, 0.6) is 5.88 Å². The number of anilines is 2. The predicted octanol–water partition coefficient (Wildman–Crippen LogP) is 3.53. The molecular formula is C21H22FN5O. The van der Waals surface area contributed by atoms with Gasteiger partial charge in [-0.2, -0.15) is 0 Å². The second-order valence-electron chi connectivity index (χ2n) is 7.14. The Hall–Kier alpha value is -3.19. The van der Waals surface area contributed by atoms with Gasteiger partial charge in [0.15, 0.2) is 5.82 Å². The Morgan fingerprint density at radius 1 is 1.11 bits per heavy atom. The van der Waals surface area contributed by atoms with Crippen molar-refractivity contribution in [1.82, 2.24) is 14.9 Å². The zero-order valence-corrected chi connectivity index (χ0v) is 15.8. The molecule has 0 radical (unpaired) electrons. The number of fused-ring (bicyclic) bond motifs is 5. The van der Waals surface area contributed by atoms with Crippen LogP contribution >= 0.6 is 0 Å². The van der Waals surface area contributed by atoms with Crippen molar-refractivity contribution < 1.29 is 9.13 Å². The highest BCUT2D eigenvalue weighted by molar-refractivity contribution is 5.69. The zero-order chi connectivity index (χ0) is 19.8. The molecule has 7 heteroatoms.